The third-order valence-electron chi connectivity index (χ3n) is 2.54. The zero-order valence-electron chi connectivity index (χ0n) is 11.9. The van der Waals surface area contributed by atoms with Gasteiger partial charge >= 0.3 is 0 Å². The second kappa shape index (κ2) is 8.11. The second-order valence-electron chi connectivity index (χ2n) is 5.05. The van der Waals surface area contributed by atoms with Crippen LogP contribution in [0.15, 0.2) is 24.3 Å². The van der Waals surface area contributed by atoms with Crippen molar-refractivity contribution >= 4 is 0 Å². The van der Waals surface area contributed by atoms with Crippen LogP contribution in [-0.2, 0) is 11.3 Å². The van der Waals surface area contributed by atoms with Gasteiger partial charge in [0, 0.05) is 13.7 Å². The summed E-state index contributed by atoms with van der Waals surface area (Å²) >= 11 is 0. The fraction of sp³-hybridized carbons (Fsp3) is 0.600. The lowest BCUT2D eigenvalue weighted by Gasteiger charge is -2.14. The van der Waals surface area contributed by atoms with E-state index in [9.17, 15) is 0 Å². The van der Waals surface area contributed by atoms with Crippen LogP contribution in [0, 0.1) is 5.92 Å². The third-order valence-corrected chi connectivity index (χ3v) is 2.54. The Balaban J connectivity index is 2.37. The summed E-state index contributed by atoms with van der Waals surface area (Å²) in [5.41, 5.74) is 1.28. The van der Waals surface area contributed by atoms with Crippen molar-refractivity contribution in [2.75, 3.05) is 20.3 Å². The molecule has 0 aromatic heterocycles. The van der Waals surface area contributed by atoms with Gasteiger partial charge in [0.2, 0.25) is 0 Å². The Bertz CT molecular complexity index is 322. The fourth-order valence-corrected chi connectivity index (χ4v) is 1.69. The maximum Gasteiger partial charge on any atom is 0.119 e. The molecule has 0 aliphatic rings. The number of hydrogen-bond acceptors (Lipinski definition) is 3. The van der Waals surface area contributed by atoms with E-state index in [0.29, 0.717) is 12.5 Å². The van der Waals surface area contributed by atoms with Gasteiger partial charge in [0.25, 0.3) is 0 Å². The van der Waals surface area contributed by atoms with E-state index in [0.717, 1.165) is 18.8 Å². The highest BCUT2D eigenvalue weighted by atomic mass is 16.5. The first kappa shape index (κ1) is 15.0. The van der Waals surface area contributed by atoms with E-state index in [-0.39, 0.29) is 6.10 Å². The summed E-state index contributed by atoms with van der Waals surface area (Å²) < 4.78 is 10.7. The molecular weight excluding hydrogens is 226 g/mol. The minimum atomic E-state index is 0.0833. The predicted molar refractivity (Wildman–Crippen MR) is 75.0 cm³/mol. The van der Waals surface area contributed by atoms with Crippen LogP contribution >= 0.6 is 0 Å². The number of hydrogen-bond donors (Lipinski definition) is 1. The molecule has 1 unspecified atom stereocenters. The van der Waals surface area contributed by atoms with Crippen LogP contribution in [0.1, 0.15) is 26.3 Å². The highest BCUT2D eigenvalue weighted by molar-refractivity contribution is 5.27. The summed E-state index contributed by atoms with van der Waals surface area (Å²) in [6.07, 6.45) is 0.0833. The number of methoxy groups -OCH3 is 1. The van der Waals surface area contributed by atoms with E-state index in [1.807, 2.05) is 19.1 Å². The highest BCUT2D eigenvalue weighted by Crippen LogP contribution is 2.14. The van der Waals surface area contributed by atoms with Gasteiger partial charge in [-0.05, 0) is 37.1 Å². The van der Waals surface area contributed by atoms with Gasteiger partial charge in [-0.15, -0.1) is 0 Å². The monoisotopic (exact) mass is 251 g/mol. The van der Waals surface area contributed by atoms with Crippen LogP contribution in [0.5, 0.6) is 5.75 Å². The molecule has 18 heavy (non-hydrogen) atoms. The molecule has 1 aromatic rings. The molecule has 1 N–H and O–H groups in total. The Morgan fingerprint density at radius 3 is 2.33 bits per heavy atom. The zero-order valence-corrected chi connectivity index (χ0v) is 11.9. The Kier molecular flexibility index (Phi) is 6.76. The quantitative estimate of drug-likeness (QED) is 0.770. The van der Waals surface area contributed by atoms with Gasteiger partial charge in [-0.3, -0.25) is 0 Å². The van der Waals surface area contributed by atoms with Crippen molar-refractivity contribution in [1.82, 2.24) is 5.32 Å². The molecular formula is C15H25NO2. The minimum absolute atomic E-state index is 0.0833. The van der Waals surface area contributed by atoms with E-state index in [1.54, 1.807) is 7.11 Å². The van der Waals surface area contributed by atoms with Crippen molar-refractivity contribution in [3.05, 3.63) is 29.8 Å². The second-order valence-corrected chi connectivity index (χ2v) is 5.05. The zero-order chi connectivity index (χ0) is 13.4. The van der Waals surface area contributed by atoms with Gasteiger partial charge in [0.1, 0.15) is 11.9 Å². The van der Waals surface area contributed by atoms with Crippen LogP contribution in [0.2, 0.25) is 0 Å². The fourth-order valence-electron chi connectivity index (χ4n) is 1.69. The summed E-state index contributed by atoms with van der Waals surface area (Å²) in [6.45, 7) is 8.98. The number of benzene rings is 1. The summed E-state index contributed by atoms with van der Waals surface area (Å²) in [7, 11) is 1.68. The van der Waals surface area contributed by atoms with Gasteiger partial charge in [0.15, 0.2) is 0 Å². The summed E-state index contributed by atoms with van der Waals surface area (Å²) in [6, 6.07) is 8.22. The molecule has 3 heteroatoms. The Morgan fingerprint density at radius 2 is 1.78 bits per heavy atom. The van der Waals surface area contributed by atoms with Crippen molar-refractivity contribution < 1.29 is 9.47 Å². The Hall–Kier alpha value is -1.06. The summed E-state index contributed by atoms with van der Waals surface area (Å²) in [5.74, 6) is 1.58. The third kappa shape index (κ3) is 6.03. The van der Waals surface area contributed by atoms with Gasteiger partial charge in [0.05, 0.1) is 6.61 Å². The minimum Gasteiger partial charge on any atom is -0.488 e. The normalized spacial score (nSPS) is 12.7. The highest BCUT2D eigenvalue weighted by Gasteiger charge is 2.03. The Morgan fingerprint density at radius 1 is 1.11 bits per heavy atom. The standard InChI is InChI=1S/C15H25NO2/c1-12(2)9-16-10-14-5-7-15(8-6-14)18-13(3)11-17-4/h5-8,12-13,16H,9-11H2,1-4H3. The Labute approximate surface area is 110 Å². The average Bonchev–Trinajstić information content (AvgIpc) is 2.31. The van der Waals surface area contributed by atoms with Crippen molar-refractivity contribution in [2.45, 2.75) is 33.4 Å². The maximum atomic E-state index is 5.71. The molecule has 0 saturated heterocycles. The number of rotatable bonds is 8. The SMILES string of the molecule is COCC(C)Oc1ccc(CNCC(C)C)cc1. The van der Waals surface area contributed by atoms with E-state index in [1.165, 1.54) is 5.56 Å². The maximum absolute atomic E-state index is 5.71. The first-order valence-electron chi connectivity index (χ1n) is 6.57. The van der Waals surface area contributed by atoms with E-state index in [2.05, 4.69) is 31.3 Å². The summed E-state index contributed by atoms with van der Waals surface area (Å²) in [5, 5.41) is 3.42. The number of ether oxygens (including phenoxy) is 2. The van der Waals surface area contributed by atoms with Crippen molar-refractivity contribution in [1.29, 1.82) is 0 Å². The molecule has 0 fully saturated rings. The van der Waals surface area contributed by atoms with Crippen molar-refractivity contribution in [2.24, 2.45) is 5.92 Å². The average molecular weight is 251 g/mol. The predicted octanol–water partition coefficient (Wildman–Crippen LogP) is 2.85. The molecule has 0 aliphatic heterocycles. The van der Waals surface area contributed by atoms with Crippen LogP contribution < -0.4 is 10.1 Å². The molecule has 1 aromatic carbocycles. The molecule has 1 rings (SSSR count). The van der Waals surface area contributed by atoms with Gasteiger partial charge in [-0.25, -0.2) is 0 Å². The van der Waals surface area contributed by atoms with E-state index < -0.39 is 0 Å². The van der Waals surface area contributed by atoms with Gasteiger partial charge in [-0.1, -0.05) is 26.0 Å². The van der Waals surface area contributed by atoms with Crippen LogP contribution in [0.4, 0.5) is 0 Å². The first-order valence-corrected chi connectivity index (χ1v) is 6.57. The molecule has 0 amide bonds. The lowest BCUT2D eigenvalue weighted by Crippen LogP contribution is -2.19. The molecule has 0 saturated carbocycles. The van der Waals surface area contributed by atoms with Crippen molar-refractivity contribution in [3.63, 3.8) is 0 Å². The van der Waals surface area contributed by atoms with Gasteiger partial charge in [-0.2, -0.15) is 0 Å². The molecule has 0 aliphatic carbocycles. The van der Waals surface area contributed by atoms with Crippen LogP contribution in [0.3, 0.4) is 0 Å². The topological polar surface area (TPSA) is 30.5 Å². The molecule has 0 bridgehead atoms. The largest absolute Gasteiger partial charge is 0.488 e. The van der Waals surface area contributed by atoms with Crippen LogP contribution in [0.25, 0.3) is 0 Å². The lowest BCUT2D eigenvalue weighted by molar-refractivity contribution is 0.0921. The molecule has 0 spiro atoms. The summed E-state index contributed by atoms with van der Waals surface area (Å²) in [4.78, 5) is 0. The molecule has 102 valence electrons. The molecule has 1 atom stereocenters. The first-order chi connectivity index (χ1) is 8.61. The molecule has 3 nitrogen and oxygen atoms in total. The molecule has 0 heterocycles. The van der Waals surface area contributed by atoms with E-state index >= 15 is 0 Å². The van der Waals surface area contributed by atoms with Crippen molar-refractivity contribution in [3.8, 4) is 5.75 Å². The number of nitrogens with one attached hydrogen (secondary N) is 1. The van der Waals surface area contributed by atoms with Gasteiger partial charge < -0.3 is 14.8 Å². The van der Waals surface area contributed by atoms with Crippen LogP contribution in [-0.4, -0.2) is 26.4 Å². The lowest BCUT2D eigenvalue weighted by atomic mass is 10.2. The molecule has 0 radical (unpaired) electrons. The smallest absolute Gasteiger partial charge is 0.119 e. The van der Waals surface area contributed by atoms with E-state index in [4.69, 9.17) is 9.47 Å².